The molecule has 0 bridgehead atoms. The maximum atomic E-state index is 12.2. The predicted octanol–water partition coefficient (Wildman–Crippen LogP) is 2.17. The van der Waals surface area contributed by atoms with Crippen LogP contribution in [0.25, 0.3) is 0 Å². The Balaban J connectivity index is 2.92. The summed E-state index contributed by atoms with van der Waals surface area (Å²) < 4.78 is 37.1. The van der Waals surface area contributed by atoms with E-state index in [0.717, 1.165) is 19.3 Å². The van der Waals surface area contributed by atoms with E-state index in [4.69, 9.17) is 9.47 Å². The minimum absolute atomic E-state index is 0.103. The van der Waals surface area contributed by atoms with Gasteiger partial charge in [-0.15, -0.1) is 0 Å². The molecule has 19 heavy (non-hydrogen) atoms. The summed E-state index contributed by atoms with van der Waals surface area (Å²) in [4.78, 5) is 0.103. The molecule has 1 N–H and O–H groups in total. The number of rotatable bonds is 8. The van der Waals surface area contributed by atoms with E-state index in [1.807, 2.05) is 0 Å². The van der Waals surface area contributed by atoms with Gasteiger partial charge in [0.05, 0.1) is 14.2 Å². The zero-order chi connectivity index (χ0) is 14.3. The van der Waals surface area contributed by atoms with E-state index in [9.17, 15) is 8.42 Å². The van der Waals surface area contributed by atoms with Crippen LogP contribution < -0.4 is 14.2 Å². The largest absolute Gasteiger partial charge is 0.497 e. The lowest BCUT2D eigenvalue weighted by Gasteiger charge is -2.12. The highest BCUT2D eigenvalue weighted by atomic mass is 32.2. The molecule has 0 unspecified atom stereocenters. The van der Waals surface area contributed by atoms with E-state index in [2.05, 4.69) is 11.6 Å². The predicted molar refractivity (Wildman–Crippen MR) is 74.3 cm³/mol. The number of benzene rings is 1. The zero-order valence-electron chi connectivity index (χ0n) is 11.6. The van der Waals surface area contributed by atoms with Crippen LogP contribution in [0.1, 0.15) is 26.2 Å². The summed E-state index contributed by atoms with van der Waals surface area (Å²) in [6.45, 7) is 2.50. The summed E-state index contributed by atoms with van der Waals surface area (Å²) in [6, 6.07) is 4.70. The Kier molecular flexibility index (Phi) is 6.11. The molecule has 0 aliphatic carbocycles. The molecule has 1 aromatic carbocycles. The van der Waals surface area contributed by atoms with Crippen LogP contribution in [-0.4, -0.2) is 29.2 Å². The molecular formula is C13H21NO4S. The average Bonchev–Trinajstić information content (AvgIpc) is 2.43. The second-order valence-corrected chi connectivity index (χ2v) is 5.86. The molecule has 1 aromatic rings. The molecule has 0 amide bonds. The lowest BCUT2D eigenvalue weighted by molar-refractivity contribution is 0.392. The maximum Gasteiger partial charge on any atom is 0.244 e. The summed E-state index contributed by atoms with van der Waals surface area (Å²) in [6.07, 6.45) is 2.87. The van der Waals surface area contributed by atoms with Crippen molar-refractivity contribution >= 4 is 10.0 Å². The molecule has 0 aliphatic rings. The fourth-order valence-corrected chi connectivity index (χ4v) is 2.91. The molecule has 0 fully saturated rings. The van der Waals surface area contributed by atoms with Gasteiger partial charge in [-0.3, -0.25) is 0 Å². The van der Waals surface area contributed by atoms with Crippen LogP contribution in [0.4, 0.5) is 0 Å². The standard InChI is InChI=1S/C13H21NO4S/c1-4-5-6-9-14-19(15,16)13-10-11(17-2)7-8-12(13)18-3/h7-8,10,14H,4-6,9H2,1-3H3. The lowest BCUT2D eigenvalue weighted by atomic mass is 10.3. The third-order valence-corrected chi connectivity index (χ3v) is 4.21. The van der Waals surface area contributed by atoms with Crippen molar-refractivity contribution in [3.05, 3.63) is 18.2 Å². The van der Waals surface area contributed by atoms with Crippen molar-refractivity contribution in [2.75, 3.05) is 20.8 Å². The van der Waals surface area contributed by atoms with Crippen molar-refractivity contribution in [1.29, 1.82) is 0 Å². The molecule has 0 aliphatic heterocycles. The highest BCUT2D eigenvalue weighted by Gasteiger charge is 2.19. The van der Waals surface area contributed by atoms with Crippen molar-refractivity contribution in [3.63, 3.8) is 0 Å². The van der Waals surface area contributed by atoms with Crippen LogP contribution in [0.3, 0.4) is 0 Å². The van der Waals surface area contributed by atoms with E-state index in [1.54, 1.807) is 12.1 Å². The first-order valence-electron chi connectivity index (χ1n) is 6.27. The van der Waals surface area contributed by atoms with Gasteiger partial charge in [-0.05, 0) is 18.6 Å². The van der Waals surface area contributed by atoms with Gasteiger partial charge in [0.25, 0.3) is 0 Å². The molecular weight excluding hydrogens is 266 g/mol. The molecule has 0 spiro atoms. The summed E-state index contributed by atoms with van der Waals surface area (Å²) >= 11 is 0. The molecule has 0 heterocycles. The first-order valence-corrected chi connectivity index (χ1v) is 7.75. The minimum Gasteiger partial charge on any atom is -0.497 e. The van der Waals surface area contributed by atoms with Gasteiger partial charge < -0.3 is 9.47 Å². The van der Waals surface area contributed by atoms with E-state index < -0.39 is 10.0 Å². The van der Waals surface area contributed by atoms with Crippen molar-refractivity contribution in [1.82, 2.24) is 4.72 Å². The number of nitrogens with one attached hydrogen (secondary N) is 1. The number of unbranched alkanes of at least 4 members (excludes halogenated alkanes) is 2. The second kappa shape index (κ2) is 7.35. The normalized spacial score (nSPS) is 11.3. The van der Waals surface area contributed by atoms with Gasteiger partial charge in [-0.25, -0.2) is 13.1 Å². The van der Waals surface area contributed by atoms with Crippen LogP contribution in [0.2, 0.25) is 0 Å². The molecule has 0 saturated carbocycles. The van der Waals surface area contributed by atoms with Crippen LogP contribution in [0.15, 0.2) is 23.1 Å². The number of ether oxygens (including phenoxy) is 2. The van der Waals surface area contributed by atoms with E-state index in [0.29, 0.717) is 18.0 Å². The molecule has 0 radical (unpaired) electrons. The summed E-state index contributed by atoms with van der Waals surface area (Å²) in [5.74, 6) is 0.790. The lowest BCUT2D eigenvalue weighted by Crippen LogP contribution is -2.25. The van der Waals surface area contributed by atoms with Crippen LogP contribution in [-0.2, 0) is 10.0 Å². The topological polar surface area (TPSA) is 64.6 Å². The third-order valence-electron chi connectivity index (χ3n) is 2.73. The zero-order valence-corrected chi connectivity index (χ0v) is 12.4. The van der Waals surface area contributed by atoms with Crippen molar-refractivity contribution in [2.24, 2.45) is 0 Å². The Morgan fingerprint density at radius 1 is 1.16 bits per heavy atom. The second-order valence-electron chi connectivity index (χ2n) is 4.12. The van der Waals surface area contributed by atoms with Crippen LogP contribution in [0.5, 0.6) is 11.5 Å². The van der Waals surface area contributed by atoms with E-state index >= 15 is 0 Å². The average molecular weight is 287 g/mol. The quantitative estimate of drug-likeness (QED) is 0.744. The Morgan fingerprint density at radius 2 is 1.89 bits per heavy atom. The van der Waals surface area contributed by atoms with Gasteiger partial charge in [0, 0.05) is 12.6 Å². The maximum absolute atomic E-state index is 12.2. The Hall–Kier alpha value is -1.27. The molecule has 0 atom stereocenters. The van der Waals surface area contributed by atoms with Gasteiger partial charge in [-0.2, -0.15) is 0 Å². The van der Waals surface area contributed by atoms with Crippen LogP contribution in [0, 0.1) is 0 Å². The Labute approximate surface area is 115 Å². The van der Waals surface area contributed by atoms with E-state index in [1.165, 1.54) is 20.3 Å². The first kappa shape index (κ1) is 15.8. The number of sulfonamides is 1. The van der Waals surface area contributed by atoms with Gasteiger partial charge in [0.15, 0.2) is 0 Å². The molecule has 5 nitrogen and oxygen atoms in total. The number of hydrogen-bond acceptors (Lipinski definition) is 4. The highest BCUT2D eigenvalue weighted by molar-refractivity contribution is 7.89. The SMILES string of the molecule is CCCCCNS(=O)(=O)c1cc(OC)ccc1OC. The van der Waals surface area contributed by atoms with Gasteiger partial charge >= 0.3 is 0 Å². The molecule has 0 aromatic heterocycles. The smallest absolute Gasteiger partial charge is 0.244 e. The van der Waals surface area contributed by atoms with Crippen molar-refractivity contribution in [2.45, 2.75) is 31.1 Å². The van der Waals surface area contributed by atoms with Crippen LogP contribution >= 0.6 is 0 Å². The van der Waals surface area contributed by atoms with Gasteiger partial charge in [0.2, 0.25) is 10.0 Å². The summed E-state index contributed by atoms with van der Waals surface area (Å²) in [5.41, 5.74) is 0. The van der Waals surface area contributed by atoms with Gasteiger partial charge in [-0.1, -0.05) is 19.8 Å². The fraction of sp³-hybridized carbons (Fsp3) is 0.538. The highest BCUT2D eigenvalue weighted by Crippen LogP contribution is 2.27. The Morgan fingerprint density at radius 3 is 2.47 bits per heavy atom. The van der Waals surface area contributed by atoms with Gasteiger partial charge in [0.1, 0.15) is 16.4 Å². The number of hydrogen-bond donors (Lipinski definition) is 1. The Bertz CT molecular complexity index is 499. The third kappa shape index (κ3) is 4.40. The van der Waals surface area contributed by atoms with Crippen molar-refractivity contribution < 1.29 is 17.9 Å². The first-order chi connectivity index (χ1) is 9.05. The number of methoxy groups -OCH3 is 2. The molecule has 0 saturated heterocycles. The monoisotopic (exact) mass is 287 g/mol. The van der Waals surface area contributed by atoms with Crippen molar-refractivity contribution in [3.8, 4) is 11.5 Å². The fourth-order valence-electron chi connectivity index (χ4n) is 1.65. The molecule has 1 rings (SSSR count). The molecule has 6 heteroatoms. The molecule has 108 valence electrons. The van der Waals surface area contributed by atoms with E-state index in [-0.39, 0.29) is 4.90 Å². The summed E-state index contributed by atoms with van der Waals surface area (Å²) in [5, 5.41) is 0. The minimum atomic E-state index is -3.57. The summed E-state index contributed by atoms with van der Waals surface area (Å²) in [7, 11) is -0.636.